The summed E-state index contributed by atoms with van der Waals surface area (Å²) in [5.41, 5.74) is 1.46. The molecule has 1 aromatic heterocycles. The standard InChI is InChI=1S/C29H35N3O6S/c1-4-20-11-13-22(14-12-20)39(36,37)32(24-9-7-15-30-18-25(24)33)29(35)23(16-19(2)3)31-28(34)27-17-21-8-5-6-10-26(21)38-27/h5-6,8,10-14,17,19,23-24,30H,4,7,9,15-16,18H2,1-3H3,(H,31,34)/t23-,24?/m0/s1. The monoisotopic (exact) mass is 553 g/mol. The Balaban J connectivity index is 1.72. The van der Waals surface area contributed by atoms with Gasteiger partial charge in [-0.25, -0.2) is 12.7 Å². The Bertz CT molecular complexity index is 1410. The van der Waals surface area contributed by atoms with Gasteiger partial charge in [-0.15, -0.1) is 0 Å². The molecule has 39 heavy (non-hydrogen) atoms. The third-order valence-electron chi connectivity index (χ3n) is 6.85. The molecule has 2 aromatic carbocycles. The van der Waals surface area contributed by atoms with Crippen molar-refractivity contribution >= 4 is 38.6 Å². The van der Waals surface area contributed by atoms with Crippen molar-refractivity contribution in [3.63, 3.8) is 0 Å². The van der Waals surface area contributed by atoms with Gasteiger partial charge in [-0.3, -0.25) is 14.4 Å². The number of sulfonamides is 1. The lowest BCUT2D eigenvalue weighted by atomic mass is 10.0. The summed E-state index contributed by atoms with van der Waals surface area (Å²) in [6.45, 7) is 6.19. The van der Waals surface area contributed by atoms with Crippen LogP contribution in [0.15, 0.2) is 63.9 Å². The fourth-order valence-corrected chi connectivity index (χ4v) is 6.41. The fourth-order valence-electron chi connectivity index (χ4n) is 4.78. The summed E-state index contributed by atoms with van der Waals surface area (Å²) in [6.07, 6.45) is 1.60. The molecule has 0 saturated carbocycles. The zero-order valence-corrected chi connectivity index (χ0v) is 23.3. The van der Waals surface area contributed by atoms with Crippen LogP contribution in [-0.2, 0) is 26.0 Å². The first-order chi connectivity index (χ1) is 18.6. The molecule has 1 aliphatic heterocycles. The van der Waals surface area contributed by atoms with E-state index in [-0.39, 0.29) is 41.7 Å². The summed E-state index contributed by atoms with van der Waals surface area (Å²) in [5.74, 6) is -1.91. The van der Waals surface area contributed by atoms with Gasteiger partial charge in [-0.05, 0) is 68.0 Å². The number of Topliss-reactive ketones (excluding diaryl/α,β-unsaturated/α-hetero) is 1. The second-order valence-electron chi connectivity index (χ2n) is 10.2. The quantitative estimate of drug-likeness (QED) is 0.414. The normalized spacial score (nSPS) is 17.1. The Kier molecular flexibility index (Phi) is 8.87. The largest absolute Gasteiger partial charge is 0.451 e. The average Bonchev–Trinajstić information content (AvgIpc) is 3.25. The van der Waals surface area contributed by atoms with Crippen LogP contribution in [0.4, 0.5) is 0 Å². The molecule has 1 aliphatic rings. The number of rotatable bonds is 9. The number of carbonyl (C=O) groups is 3. The second-order valence-corrected chi connectivity index (χ2v) is 12.1. The molecule has 2 amide bonds. The van der Waals surface area contributed by atoms with E-state index < -0.39 is 33.9 Å². The van der Waals surface area contributed by atoms with E-state index in [0.29, 0.717) is 18.5 Å². The first kappa shape index (κ1) is 28.5. The minimum atomic E-state index is -4.42. The van der Waals surface area contributed by atoms with Crippen LogP contribution in [0.25, 0.3) is 11.0 Å². The number of amides is 2. The summed E-state index contributed by atoms with van der Waals surface area (Å²) in [6, 6.07) is 12.6. The number of benzene rings is 2. The molecular formula is C29H35N3O6S. The lowest BCUT2D eigenvalue weighted by molar-refractivity contribution is -0.135. The minimum absolute atomic E-state index is 0.0112. The van der Waals surface area contributed by atoms with Gasteiger partial charge in [-0.1, -0.05) is 51.1 Å². The van der Waals surface area contributed by atoms with Crippen molar-refractivity contribution in [3.05, 3.63) is 65.9 Å². The Morgan fingerprint density at radius 2 is 1.85 bits per heavy atom. The third-order valence-corrected chi connectivity index (χ3v) is 8.67. The molecule has 0 bridgehead atoms. The Labute approximate surface area is 229 Å². The van der Waals surface area contributed by atoms with Gasteiger partial charge in [-0.2, -0.15) is 0 Å². The van der Waals surface area contributed by atoms with Crippen molar-refractivity contribution < 1.29 is 27.2 Å². The van der Waals surface area contributed by atoms with Crippen molar-refractivity contribution in [2.45, 2.75) is 63.4 Å². The van der Waals surface area contributed by atoms with Crippen molar-refractivity contribution in [2.24, 2.45) is 5.92 Å². The van der Waals surface area contributed by atoms with Gasteiger partial charge >= 0.3 is 0 Å². The number of carbonyl (C=O) groups excluding carboxylic acids is 3. The van der Waals surface area contributed by atoms with E-state index in [1.807, 2.05) is 26.8 Å². The van der Waals surface area contributed by atoms with Crippen LogP contribution in [0.1, 0.15) is 56.2 Å². The molecule has 0 radical (unpaired) electrons. The van der Waals surface area contributed by atoms with Crippen LogP contribution in [0.3, 0.4) is 0 Å². The molecule has 1 fully saturated rings. The summed E-state index contributed by atoms with van der Waals surface area (Å²) in [7, 11) is -4.42. The van der Waals surface area contributed by atoms with Crippen molar-refractivity contribution in [2.75, 3.05) is 13.1 Å². The SMILES string of the molecule is CCc1ccc(S(=O)(=O)N(C(=O)[C@H](CC(C)C)NC(=O)c2cc3ccccc3o2)C2CCCNCC2=O)cc1. The number of aryl methyl sites for hydroxylation is 1. The van der Waals surface area contributed by atoms with Gasteiger partial charge in [0, 0.05) is 5.39 Å². The molecule has 4 rings (SSSR count). The topological polar surface area (TPSA) is 126 Å². The lowest BCUT2D eigenvalue weighted by Crippen LogP contribution is -2.56. The van der Waals surface area contributed by atoms with Crippen LogP contribution in [0, 0.1) is 5.92 Å². The van der Waals surface area contributed by atoms with E-state index in [1.165, 1.54) is 12.1 Å². The van der Waals surface area contributed by atoms with E-state index in [4.69, 9.17) is 4.42 Å². The van der Waals surface area contributed by atoms with Crippen molar-refractivity contribution in [1.82, 2.24) is 14.9 Å². The first-order valence-corrected chi connectivity index (χ1v) is 14.8. The smallest absolute Gasteiger partial charge is 0.287 e. The number of hydrogen-bond acceptors (Lipinski definition) is 7. The van der Waals surface area contributed by atoms with Gasteiger partial charge in [0.2, 0.25) is 0 Å². The predicted octanol–water partition coefficient (Wildman–Crippen LogP) is 3.68. The average molecular weight is 554 g/mol. The fraction of sp³-hybridized carbons (Fsp3) is 0.414. The summed E-state index contributed by atoms with van der Waals surface area (Å²) >= 11 is 0. The van der Waals surface area contributed by atoms with Crippen LogP contribution in [-0.4, -0.2) is 55.5 Å². The maximum absolute atomic E-state index is 14.1. The van der Waals surface area contributed by atoms with Gasteiger partial charge < -0.3 is 15.1 Å². The minimum Gasteiger partial charge on any atom is -0.451 e. The molecule has 9 nitrogen and oxygen atoms in total. The van der Waals surface area contributed by atoms with E-state index in [2.05, 4.69) is 10.6 Å². The molecule has 2 atom stereocenters. The summed E-state index contributed by atoms with van der Waals surface area (Å²) in [4.78, 5) is 40.4. The number of ketones is 1. The first-order valence-electron chi connectivity index (χ1n) is 13.3. The van der Waals surface area contributed by atoms with E-state index in [0.717, 1.165) is 21.7 Å². The lowest BCUT2D eigenvalue weighted by Gasteiger charge is -2.33. The number of para-hydroxylation sites is 1. The zero-order chi connectivity index (χ0) is 28.2. The highest BCUT2D eigenvalue weighted by molar-refractivity contribution is 7.89. The molecule has 2 heterocycles. The highest BCUT2D eigenvalue weighted by Gasteiger charge is 2.43. The Morgan fingerprint density at radius 3 is 2.51 bits per heavy atom. The van der Waals surface area contributed by atoms with E-state index >= 15 is 0 Å². The second kappa shape index (κ2) is 12.1. The van der Waals surface area contributed by atoms with Crippen molar-refractivity contribution in [3.8, 4) is 0 Å². The van der Waals surface area contributed by atoms with E-state index in [9.17, 15) is 22.8 Å². The number of fused-ring (bicyclic) bond motifs is 1. The number of hydrogen-bond donors (Lipinski definition) is 2. The van der Waals surface area contributed by atoms with Crippen LogP contribution < -0.4 is 10.6 Å². The number of nitrogens with zero attached hydrogens (tertiary/aromatic N) is 1. The maximum Gasteiger partial charge on any atom is 0.287 e. The number of furan rings is 1. The van der Waals surface area contributed by atoms with Gasteiger partial charge in [0.05, 0.1) is 11.4 Å². The molecule has 10 heteroatoms. The van der Waals surface area contributed by atoms with Gasteiger partial charge in [0.15, 0.2) is 11.5 Å². The third kappa shape index (κ3) is 6.39. The molecule has 3 aromatic rings. The Hall–Kier alpha value is -3.50. The van der Waals surface area contributed by atoms with Crippen LogP contribution in [0.2, 0.25) is 0 Å². The molecule has 0 aliphatic carbocycles. The molecule has 1 saturated heterocycles. The molecule has 2 N–H and O–H groups in total. The van der Waals surface area contributed by atoms with Crippen molar-refractivity contribution in [1.29, 1.82) is 0 Å². The maximum atomic E-state index is 14.1. The summed E-state index contributed by atoms with van der Waals surface area (Å²) < 4.78 is 34.4. The summed E-state index contributed by atoms with van der Waals surface area (Å²) in [5, 5.41) is 6.42. The molecular weight excluding hydrogens is 518 g/mol. The molecule has 208 valence electrons. The van der Waals surface area contributed by atoms with Gasteiger partial charge in [0.1, 0.15) is 17.7 Å². The molecule has 0 spiro atoms. The number of nitrogens with one attached hydrogen (secondary N) is 2. The highest BCUT2D eigenvalue weighted by Crippen LogP contribution is 2.26. The van der Waals surface area contributed by atoms with Gasteiger partial charge in [0.25, 0.3) is 21.8 Å². The molecule has 1 unspecified atom stereocenters. The zero-order valence-electron chi connectivity index (χ0n) is 22.5. The predicted molar refractivity (Wildman–Crippen MR) is 148 cm³/mol. The van der Waals surface area contributed by atoms with Crippen LogP contribution >= 0.6 is 0 Å². The van der Waals surface area contributed by atoms with Crippen LogP contribution in [0.5, 0.6) is 0 Å². The highest BCUT2D eigenvalue weighted by atomic mass is 32.2. The van der Waals surface area contributed by atoms with E-state index in [1.54, 1.807) is 36.4 Å². The Morgan fingerprint density at radius 1 is 1.13 bits per heavy atom.